The number of aromatic nitrogens is 5. The highest BCUT2D eigenvalue weighted by molar-refractivity contribution is 6.17. The summed E-state index contributed by atoms with van der Waals surface area (Å²) in [5.41, 5.74) is 16.6. The zero-order chi connectivity index (χ0) is 48.0. The van der Waals surface area contributed by atoms with E-state index in [2.05, 4.69) is 33.4 Å². The minimum absolute atomic E-state index is 0.0202. The van der Waals surface area contributed by atoms with Crippen LogP contribution in [0.5, 0.6) is 0 Å². The molecule has 0 aromatic carbocycles. The second-order valence-electron chi connectivity index (χ2n) is 12.5. The number of nitrogens with zero attached hydrogens (tertiary/aromatic N) is 6. The maximum atomic E-state index is 13.5. The van der Waals surface area contributed by atoms with Crippen molar-refractivity contribution in [2.24, 2.45) is 0 Å². The molecule has 22 nitrogen and oxygen atoms in total. The summed E-state index contributed by atoms with van der Waals surface area (Å²) < 4.78 is 68.7. The molecule has 0 amide bonds. The van der Waals surface area contributed by atoms with Gasteiger partial charge in [0, 0.05) is 40.9 Å². The number of fused-ring (bicyclic) bond motifs is 4. The third-order valence-electron chi connectivity index (χ3n) is 8.38. The van der Waals surface area contributed by atoms with Gasteiger partial charge in [-0.1, -0.05) is 36.9 Å². The van der Waals surface area contributed by atoms with Crippen molar-refractivity contribution in [2.45, 2.75) is 19.0 Å². The van der Waals surface area contributed by atoms with Gasteiger partial charge in [0.25, 0.3) is 0 Å². The number of aldehydes is 2. The molecule has 0 unspecified atom stereocenters. The molecule has 6 rings (SSSR count). The van der Waals surface area contributed by atoms with Gasteiger partial charge in [-0.05, 0) is 4.48 Å². The maximum absolute atomic E-state index is 13.5. The summed E-state index contributed by atoms with van der Waals surface area (Å²) in [5.74, 6) is -2.93. The zero-order valence-electron chi connectivity index (χ0n) is 35.2. The number of aliphatic hydroxyl groups excluding tert-OH is 2. The Balaban J connectivity index is 0.000000763. The number of alkyl halides is 1. The number of carbonyl (C=O) groups is 4. The number of methoxy groups -OCH3 is 4. The Bertz CT molecular complexity index is 1870. The highest BCUT2D eigenvalue weighted by Gasteiger charge is 2.50. The molecule has 6 heterocycles. The van der Waals surface area contributed by atoms with Crippen molar-refractivity contribution in [3.05, 3.63) is 79.1 Å². The first-order chi connectivity index (χ1) is 30.0. The molecule has 0 aliphatic carbocycles. The SMILES string of the molecule is C=CCOC(=O)c1c(N)n[nH]c1N.C=CCOC(=O)c1c(N)nn2cc(F)cnc12.COC(CC(OC)OC)OC.F[N+]12CC[N+](CCl)(CC1)CC2.O=C/C(F)=C/O.O=C/C=C/O. The van der Waals surface area contributed by atoms with E-state index in [4.69, 9.17) is 77.0 Å². The van der Waals surface area contributed by atoms with Crippen molar-refractivity contribution < 1.29 is 80.3 Å². The van der Waals surface area contributed by atoms with Gasteiger partial charge in [-0.15, -0.1) is 9.80 Å². The summed E-state index contributed by atoms with van der Waals surface area (Å²) >= 11 is 5.85. The number of hydrogen-bond donors (Lipinski definition) is 6. The van der Waals surface area contributed by atoms with Crippen LogP contribution in [0.4, 0.5) is 30.7 Å². The lowest BCUT2D eigenvalue weighted by Crippen LogP contribution is -2.71. The quantitative estimate of drug-likeness (QED) is 0.0122. The van der Waals surface area contributed by atoms with Gasteiger partial charge in [0.2, 0.25) is 0 Å². The van der Waals surface area contributed by atoms with Crippen LogP contribution >= 0.6 is 11.6 Å². The van der Waals surface area contributed by atoms with E-state index in [-0.39, 0.29) is 77.3 Å². The third-order valence-corrected chi connectivity index (χ3v) is 8.89. The minimum Gasteiger partial charge on any atom is -0.515 e. The predicted octanol–water partition coefficient (Wildman–Crippen LogP) is 2.86. The number of rotatable bonds is 15. The summed E-state index contributed by atoms with van der Waals surface area (Å²) in [4.78, 5) is 44.9. The Labute approximate surface area is 365 Å². The fourth-order valence-corrected chi connectivity index (χ4v) is 5.31. The number of nitrogen functional groups attached to an aromatic ring is 3. The van der Waals surface area contributed by atoms with E-state index < -0.39 is 23.6 Å². The number of nitrogens with two attached hydrogens (primary N) is 3. The summed E-state index contributed by atoms with van der Waals surface area (Å²) in [6.07, 6.45) is 7.17. The van der Waals surface area contributed by atoms with Crippen LogP contribution in [0.2, 0.25) is 0 Å². The smallest absolute Gasteiger partial charge is 0.346 e. The number of aromatic amines is 1. The fourth-order valence-electron chi connectivity index (χ4n) is 4.95. The molecule has 26 heteroatoms. The standard InChI is InChI=1S/C10H9FN4O2.C7H14ClFN2.C7H10N4O2.C7H16O4.C3H3FO2.C3H4O2/c1-2-3-17-10(16)7-8(12)14-15-5-6(11)4-13-9(7)15;8-7-10-1-4-11(9,5-2-10)6-3-10;1-2-3-13-7(12)4-5(8)10-11-6(4)9;1-8-6(9-2)5-7(10-3)11-4;4-3(1-5)2-6;4-2-1-3-5/h2,4-5H,1,3H2,(H2,12,14);1-7H2;2H,1,3H2,(H5,8,9,10,11);6-7H,5H2,1-4H3;1-2,5H;1-4H/q;+2;;;;/b;;;;3-1-;2-1+. The number of ether oxygens (including phenoxy) is 6. The van der Waals surface area contributed by atoms with Crippen LogP contribution in [0.15, 0.2) is 62.1 Å². The summed E-state index contributed by atoms with van der Waals surface area (Å²) in [6, 6.07) is 0.667. The Kier molecular flexibility index (Phi) is 27.9. The number of carbonyl (C=O) groups excluding carboxylic acids is 4. The molecular weight excluding hydrogens is 869 g/mol. The number of piperazine rings is 3. The summed E-state index contributed by atoms with van der Waals surface area (Å²) in [7, 11) is 6.32. The van der Waals surface area contributed by atoms with E-state index in [0.29, 0.717) is 44.6 Å². The lowest BCUT2D eigenvalue weighted by atomic mass is 10.2. The van der Waals surface area contributed by atoms with Crippen molar-refractivity contribution in [3.8, 4) is 0 Å². The van der Waals surface area contributed by atoms with Crippen molar-refractivity contribution in [1.82, 2.24) is 24.8 Å². The number of nitrogens with one attached hydrogen (secondary N) is 1. The maximum Gasteiger partial charge on any atom is 0.346 e. The number of esters is 2. The first-order valence-corrected chi connectivity index (χ1v) is 18.7. The van der Waals surface area contributed by atoms with Crippen LogP contribution in [0, 0.1) is 5.82 Å². The van der Waals surface area contributed by atoms with E-state index in [9.17, 15) is 22.9 Å². The van der Waals surface area contributed by atoms with Crippen molar-refractivity contribution in [1.29, 1.82) is 0 Å². The van der Waals surface area contributed by atoms with Crippen molar-refractivity contribution in [3.63, 3.8) is 0 Å². The number of anilines is 3. The molecule has 63 heavy (non-hydrogen) atoms. The van der Waals surface area contributed by atoms with Crippen molar-refractivity contribution in [2.75, 3.05) is 104 Å². The molecule has 3 aromatic heterocycles. The molecule has 3 fully saturated rings. The highest BCUT2D eigenvalue weighted by atomic mass is 35.5. The fraction of sp³-hybridized carbons (Fsp3) is 0.432. The molecule has 3 aromatic rings. The molecule has 3 aliphatic heterocycles. The third kappa shape index (κ3) is 20.1. The molecule has 352 valence electrons. The van der Waals surface area contributed by atoms with Gasteiger partial charge in [-0.2, -0.15) is 9.49 Å². The summed E-state index contributed by atoms with van der Waals surface area (Å²) in [5, 5.41) is 24.9. The number of H-pyrrole nitrogens is 1. The van der Waals surface area contributed by atoms with E-state index in [0.717, 1.165) is 47.1 Å². The van der Waals surface area contributed by atoms with Crippen LogP contribution in [-0.2, 0) is 38.0 Å². The molecular formula is C37H56ClF3N10O12+2. The monoisotopic (exact) mass is 924 g/mol. The first-order valence-electron chi connectivity index (χ1n) is 18.2. The molecule has 9 N–H and O–H groups in total. The lowest BCUT2D eigenvalue weighted by molar-refractivity contribution is -1.15. The Morgan fingerprint density at radius 1 is 0.921 bits per heavy atom. The highest BCUT2D eigenvalue weighted by Crippen LogP contribution is 2.27. The van der Waals surface area contributed by atoms with E-state index >= 15 is 0 Å². The van der Waals surface area contributed by atoms with E-state index in [1.807, 2.05) is 0 Å². The largest absolute Gasteiger partial charge is 0.515 e. The van der Waals surface area contributed by atoms with Gasteiger partial charge in [0.15, 0.2) is 73.4 Å². The number of allylic oxidation sites excluding steroid dienone is 2. The van der Waals surface area contributed by atoms with E-state index in [1.54, 1.807) is 28.4 Å². The number of hydrogen-bond acceptors (Lipinski definition) is 18. The van der Waals surface area contributed by atoms with Crippen LogP contribution in [0.3, 0.4) is 0 Å². The van der Waals surface area contributed by atoms with Gasteiger partial charge >= 0.3 is 11.9 Å². The lowest BCUT2D eigenvalue weighted by Gasteiger charge is -2.48. The first kappa shape index (κ1) is 56.9. The second kappa shape index (κ2) is 30.9. The molecule has 0 atom stereocenters. The molecule has 2 bridgehead atoms. The minimum atomic E-state index is -1.16. The van der Waals surface area contributed by atoms with Crippen LogP contribution in [0.25, 0.3) is 5.65 Å². The Hall–Kier alpha value is -6.09. The number of quaternary nitrogens is 2. The van der Waals surface area contributed by atoms with Crippen LogP contribution < -0.4 is 17.2 Å². The van der Waals surface area contributed by atoms with Gasteiger partial charge < -0.3 is 55.8 Å². The predicted molar refractivity (Wildman–Crippen MR) is 223 cm³/mol. The van der Waals surface area contributed by atoms with E-state index in [1.165, 1.54) is 12.2 Å². The van der Waals surface area contributed by atoms with Crippen LogP contribution in [0.1, 0.15) is 27.1 Å². The Morgan fingerprint density at radius 2 is 1.43 bits per heavy atom. The average molecular weight is 925 g/mol. The normalized spacial score (nSPS) is 17.2. The summed E-state index contributed by atoms with van der Waals surface area (Å²) in [6.45, 7) is 11.8. The number of aliphatic hydroxyl groups is 2. The molecule has 0 saturated carbocycles. The topological polar surface area (TPSA) is 301 Å². The van der Waals surface area contributed by atoms with Crippen molar-refractivity contribution >= 4 is 59.2 Å². The average Bonchev–Trinajstić information content (AvgIpc) is 3.82. The van der Waals surface area contributed by atoms with Gasteiger partial charge in [0.05, 0.1) is 18.7 Å². The second-order valence-corrected chi connectivity index (χ2v) is 12.7. The van der Waals surface area contributed by atoms with Gasteiger partial charge in [-0.3, -0.25) is 19.2 Å². The molecule has 0 radical (unpaired) electrons. The number of halogens is 4. The van der Waals surface area contributed by atoms with Gasteiger partial charge in [0.1, 0.15) is 62.3 Å². The zero-order valence-corrected chi connectivity index (χ0v) is 36.0. The molecule has 3 aliphatic rings. The molecule has 0 spiro atoms. The molecule has 3 saturated heterocycles. The Morgan fingerprint density at radius 3 is 1.78 bits per heavy atom. The van der Waals surface area contributed by atoms with Gasteiger partial charge in [-0.25, -0.2) is 23.5 Å². The van der Waals surface area contributed by atoms with Crippen LogP contribution in [-0.4, -0.2) is 168 Å².